The zero-order valence-corrected chi connectivity index (χ0v) is 17.5. The van der Waals surface area contributed by atoms with Crippen LogP contribution >= 0.6 is 0 Å². The first-order chi connectivity index (χ1) is 15.7. The van der Waals surface area contributed by atoms with Crippen LogP contribution in [0.5, 0.6) is 0 Å². The lowest BCUT2D eigenvalue weighted by Crippen LogP contribution is -2.38. The minimum absolute atomic E-state index is 0.186. The molecule has 0 spiro atoms. The van der Waals surface area contributed by atoms with E-state index in [9.17, 15) is 9.59 Å². The summed E-state index contributed by atoms with van der Waals surface area (Å²) in [4.78, 5) is 32.2. The highest BCUT2D eigenvalue weighted by molar-refractivity contribution is 6.05. The summed E-state index contributed by atoms with van der Waals surface area (Å²) < 4.78 is 5.47. The molecule has 5 heteroatoms. The quantitative estimate of drug-likeness (QED) is 0.450. The number of amides is 1. The minimum atomic E-state index is -0.522. The van der Waals surface area contributed by atoms with Crippen molar-refractivity contribution in [1.29, 1.82) is 0 Å². The molecule has 1 aromatic heterocycles. The molecule has 0 fully saturated rings. The molecule has 0 bridgehead atoms. The van der Waals surface area contributed by atoms with E-state index in [1.165, 1.54) is 5.56 Å². The molecule has 0 atom stereocenters. The van der Waals surface area contributed by atoms with Crippen LogP contribution in [0.1, 0.15) is 21.5 Å². The van der Waals surface area contributed by atoms with E-state index < -0.39 is 5.97 Å². The Morgan fingerprint density at radius 2 is 1.59 bits per heavy atom. The van der Waals surface area contributed by atoms with Crippen molar-refractivity contribution in [3.8, 4) is 11.3 Å². The Labute approximate surface area is 186 Å². The fraction of sp³-hybridized carbons (Fsp3) is 0.148. The first-order valence-electron chi connectivity index (χ1n) is 10.7. The molecule has 32 heavy (non-hydrogen) atoms. The summed E-state index contributed by atoms with van der Waals surface area (Å²) >= 11 is 0. The van der Waals surface area contributed by atoms with Crippen molar-refractivity contribution in [3.05, 3.63) is 102 Å². The monoisotopic (exact) mass is 422 g/mol. The van der Waals surface area contributed by atoms with E-state index in [0.29, 0.717) is 35.2 Å². The molecule has 0 aliphatic carbocycles. The highest BCUT2D eigenvalue weighted by Crippen LogP contribution is 2.25. The van der Waals surface area contributed by atoms with Crippen LogP contribution in [0.15, 0.2) is 84.9 Å². The van der Waals surface area contributed by atoms with Crippen LogP contribution in [0.25, 0.3) is 22.2 Å². The Morgan fingerprint density at radius 3 is 2.44 bits per heavy atom. The van der Waals surface area contributed by atoms with E-state index in [1.807, 2.05) is 72.8 Å². The number of para-hydroxylation sites is 1. The molecular formula is C27H22N2O3. The lowest BCUT2D eigenvalue weighted by atomic mass is 10.00. The molecule has 4 aromatic rings. The lowest BCUT2D eigenvalue weighted by Gasteiger charge is -2.28. The third-order valence-electron chi connectivity index (χ3n) is 5.82. The van der Waals surface area contributed by atoms with Crippen molar-refractivity contribution in [3.63, 3.8) is 0 Å². The van der Waals surface area contributed by atoms with Crippen LogP contribution in [0.3, 0.4) is 0 Å². The van der Waals surface area contributed by atoms with Gasteiger partial charge < -0.3 is 9.64 Å². The maximum Gasteiger partial charge on any atom is 0.339 e. The molecule has 158 valence electrons. The second-order valence-electron chi connectivity index (χ2n) is 7.85. The smallest absolute Gasteiger partial charge is 0.339 e. The van der Waals surface area contributed by atoms with E-state index in [2.05, 4.69) is 6.07 Å². The first-order valence-corrected chi connectivity index (χ1v) is 10.7. The standard InChI is InChI=1S/C27H22N2O3/c30-26(29-15-14-19-8-4-5-11-21(19)17-29)18-32-27(31)23-16-25(20-9-2-1-3-10-20)28-24-13-7-6-12-22(23)24/h1-13,16H,14-15,17-18H2. The maximum atomic E-state index is 13.0. The summed E-state index contributed by atoms with van der Waals surface area (Å²) in [6.45, 7) is 0.894. The van der Waals surface area contributed by atoms with Crippen molar-refractivity contribution in [1.82, 2.24) is 9.88 Å². The van der Waals surface area contributed by atoms with Crippen LogP contribution in [-0.4, -0.2) is 34.9 Å². The predicted octanol–water partition coefficient (Wildman–Crippen LogP) is 4.64. The molecule has 3 aromatic carbocycles. The van der Waals surface area contributed by atoms with E-state index in [0.717, 1.165) is 17.5 Å². The van der Waals surface area contributed by atoms with Crippen molar-refractivity contribution in [2.24, 2.45) is 0 Å². The molecule has 0 saturated carbocycles. The van der Waals surface area contributed by atoms with Crippen LogP contribution < -0.4 is 0 Å². The fourth-order valence-corrected chi connectivity index (χ4v) is 4.11. The molecular weight excluding hydrogens is 400 g/mol. The SMILES string of the molecule is O=C(OCC(=O)N1CCc2ccccc2C1)c1cc(-c2ccccc2)nc2ccccc12. The van der Waals surface area contributed by atoms with Crippen LogP contribution in [0, 0.1) is 0 Å². The van der Waals surface area contributed by atoms with Gasteiger partial charge in [0.15, 0.2) is 6.61 Å². The largest absolute Gasteiger partial charge is 0.452 e. The Balaban J connectivity index is 1.35. The number of hydrogen-bond donors (Lipinski definition) is 0. The van der Waals surface area contributed by atoms with E-state index in [1.54, 1.807) is 11.0 Å². The van der Waals surface area contributed by atoms with E-state index >= 15 is 0 Å². The molecule has 5 rings (SSSR count). The number of esters is 1. The van der Waals surface area contributed by atoms with Crippen molar-refractivity contribution in [2.75, 3.05) is 13.2 Å². The number of carbonyl (C=O) groups excluding carboxylic acids is 2. The number of fused-ring (bicyclic) bond motifs is 2. The average Bonchev–Trinajstić information content (AvgIpc) is 2.86. The average molecular weight is 422 g/mol. The van der Waals surface area contributed by atoms with Gasteiger partial charge in [0.1, 0.15) is 0 Å². The number of carbonyl (C=O) groups is 2. The topological polar surface area (TPSA) is 59.5 Å². The number of aromatic nitrogens is 1. The van der Waals surface area contributed by atoms with Crippen LogP contribution in [0.4, 0.5) is 0 Å². The highest BCUT2D eigenvalue weighted by atomic mass is 16.5. The van der Waals surface area contributed by atoms with Crippen LogP contribution in [0.2, 0.25) is 0 Å². The third-order valence-corrected chi connectivity index (χ3v) is 5.82. The lowest BCUT2D eigenvalue weighted by molar-refractivity contribution is -0.135. The van der Waals surface area contributed by atoms with Gasteiger partial charge in [0.05, 0.1) is 16.8 Å². The number of nitrogens with zero attached hydrogens (tertiary/aromatic N) is 2. The predicted molar refractivity (Wildman–Crippen MR) is 123 cm³/mol. The second-order valence-corrected chi connectivity index (χ2v) is 7.85. The number of hydrogen-bond acceptors (Lipinski definition) is 4. The number of pyridine rings is 1. The van der Waals surface area contributed by atoms with Crippen molar-refractivity contribution >= 4 is 22.8 Å². The first kappa shape index (κ1) is 19.9. The number of rotatable bonds is 4. The maximum absolute atomic E-state index is 13.0. The second kappa shape index (κ2) is 8.63. The van der Waals surface area contributed by atoms with Crippen molar-refractivity contribution < 1.29 is 14.3 Å². The van der Waals surface area contributed by atoms with E-state index in [-0.39, 0.29) is 12.5 Å². The molecule has 1 aliphatic rings. The summed E-state index contributed by atoms with van der Waals surface area (Å²) in [5.41, 5.74) is 5.13. The Kier molecular flexibility index (Phi) is 5.38. The third kappa shape index (κ3) is 3.97. The zero-order valence-electron chi connectivity index (χ0n) is 17.5. The van der Waals surface area contributed by atoms with Gasteiger partial charge in [-0.15, -0.1) is 0 Å². The fourth-order valence-electron chi connectivity index (χ4n) is 4.11. The van der Waals surface area contributed by atoms with Gasteiger partial charge in [-0.2, -0.15) is 0 Å². The number of ether oxygens (including phenoxy) is 1. The Morgan fingerprint density at radius 1 is 0.875 bits per heavy atom. The molecule has 0 radical (unpaired) electrons. The number of benzene rings is 3. The van der Waals surface area contributed by atoms with E-state index in [4.69, 9.17) is 9.72 Å². The van der Waals surface area contributed by atoms with Gasteiger partial charge in [-0.05, 0) is 29.7 Å². The van der Waals surface area contributed by atoms with Gasteiger partial charge in [0, 0.05) is 24.0 Å². The van der Waals surface area contributed by atoms with Crippen LogP contribution in [-0.2, 0) is 22.5 Å². The van der Waals surface area contributed by atoms with Gasteiger partial charge in [0.25, 0.3) is 5.91 Å². The summed E-state index contributed by atoms with van der Waals surface area (Å²) in [7, 11) is 0. The van der Waals surface area contributed by atoms with Gasteiger partial charge in [-0.25, -0.2) is 9.78 Å². The summed E-state index contributed by atoms with van der Waals surface area (Å²) in [6.07, 6.45) is 0.811. The zero-order chi connectivity index (χ0) is 21.9. The minimum Gasteiger partial charge on any atom is -0.452 e. The molecule has 0 N–H and O–H groups in total. The normalized spacial score (nSPS) is 12.9. The van der Waals surface area contributed by atoms with Gasteiger partial charge in [-0.1, -0.05) is 72.8 Å². The molecule has 0 unspecified atom stereocenters. The molecule has 5 nitrogen and oxygen atoms in total. The molecule has 1 aliphatic heterocycles. The summed E-state index contributed by atoms with van der Waals surface area (Å²) in [6, 6.07) is 27.0. The summed E-state index contributed by atoms with van der Waals surface area (Å²) in [5, 5.41) is 0.705. The Hall–Kier alpha value is -3.99. The highest BCUT2D eigenvalue weighted by Gasteiger charge is 2.22. The molecule has 0 saturated heterocycles. The molecule has 1 amide bonds. The Bertz CT molecular complexity index is 1300. The molecule has 2 heterocycles. The summed E-state index contributed by atoms with van der Waals surface area (Å²) in [5.74, 6) is -0.707. The van der Waals surface area contributed by atoms with Crippen molar-refractivity contribution in [2.45, 2.75) is 13.0 Å². The van der Waals surface area contributed by atoms with Gasteiger partial charge in [-0.3, -0.25) is 4.79 Å². The van der Waals surface area contributed by atoms with Gasteiger partial charge in [0.2, 0.25) is 0 Å². The van der Waals surface area contributed by atoms with Gasteiger partial charge >= 0.3 is 5.97 Å².